The summed E-state index contributed by atoms with van der Waals surface area (Å²) in [6, 6.07) is 2.55. The quantitative estimate of drug-likeness (QED) is 0.707. The fourth-order valence-electron chi connectivity index (χ4n) is 1.75. The van der Waals surface area contributed by atoms with Gasteiger partial charge in [-0.2, -0.15) is 0 Å². The van der Waals surface area contributed by atoms with Crippen LogP contribution in [0.1, 0.15) is 37.6 Å². The lowest BCUT2D eigenvalue weighted by Gasteiger charge is -2.17. The van der Waals surface area contributed by atoms with Crippen molar-refractivity contribution in [3.63, 3.8) is 0 Å². The first-order valence-electron chi connectivity index (χ1n) is 6.67. The number of pyridine rings is 1. The minimum atomic E-state index is -0.909. The number of nitrogens with zero attached hydrogens (tertiary/aromatic N) is 1. The first-order valence-corrected chi connectivity index (χ1v) is 6.67. The predicted octanol–water partition coefficient (Wildman–Crippen LogP) is 1.74. The molecule has 0 aliphatic heterocycles. The molecular weight excluding hydrogens is 258 g/mol. The molecule has 1 aromatic heterocycles. The zero-order valence-electron chi connectivity index (χ0n) is 12.0. The maximum atomic E-state index is 11.6. The second-order valence-electron chi connectivity index (χ2n) is 4.96. The van der Waals surface area contributed by atoms with Crippen LogP contribution in [0.5, 0.6) is 0 Å². The second kappa shape index (κ2) is 7.47. The molecule has 6 nitrogen and oxygen atoms in total. The number of aromatic nitrogens is 1. The largest absolute Gasteiger partial charge is 0.480 e. The third kappa shape index (κ3) is 4.87. The van der Waals surface area contributed by atoms with Gasteiger partial charge in [0.25, 0.3) is 5.91 Å². The topological polar surface area (TPSA) is 91.3 Å². The molecule has 1 rings (SSSR count). The summed E-state index contributed by atoms with van der Waals surface area (Å²) in [5.74, 6) is -0.388. The number of carboxylic acid groups (broad SMARTS) is 1. The zero-order chi connectivity index (χ0) is 15.1. The van der Waals surface area contributed by atoms with Crippen LogP contribution in [-0.4, -0.2) is 34.6 Å². The van der Waals surface area contributed by atoms with E-state index in [9.17, 15) is 9.59 Å². The Morgan fingerprint density at radius 2 is 2.05 bits per heavy atom. The van der Waals surface area contributed by atoms with Gasteiger partial charge < -0.3 is 15.7 Å². The van der Waals surface area contributed by atoms with E-state index in [1.54, 1.807) is 12.1 Å². The molecule has 0 fully saturated rings. The number of hydrogen-bond acceptors (Lipinski definition) is 4. The second-order valence-corrected chi connectivity index (χ2v) is 4.96. The van der Waals surface area contributed by atoms with Crippen molar-refractivity contribution in [2.24, 2.45) is 5.92 Å². The van der Waals surface area contributed by atoms with Crippen molar-refractivity contribution in [2.75, 3.05) is 11.9 Å². The molecular formula is C14H21N3O3. The van der Waals surface area contributed by atoms with Crippen LogP contribution in [0.2, 0.25) is 0 Å². The van der Waals surface area contributed by atoms with Gasteiger partial charge in [0.2, 0.25) is 0 Å². The average Bonchev–Trinajstić information content (AvgIpc) is 2.38. The molecule has 1 aromatic rings. The van der Waals surface area contributed by atoms with Crippen LogP contribution in [-0.2, 0) is 4.79 Å². The Balaban J connectivity index is 2.72. The van der Waals surface area contributed by atoms with Gasteiger partial charge in [0.15, 0.2) is 0 Å². The van der Waals surface area contributed by atoms with Crippen molar-refractivity contribution >= 4 is 17.7 Å². The van der Waals surface area contributed by atoms with Gasteiger partial charge in [-0.05, 0) is 31.4 Å². The Hall–Kier alpha value is -2.11. The van der Waals surface area contributed by atoms with Crippen LogP contribution in [0.15, 0.2) is 18.3 Å². The maximum absolute atomic E-state index is 11.6. The van der Waals surface area contributed by atoms with Gasteiger partial charge in [0.05, 0.1) is 5.56 Å². The maximum Gasteiger partial charge on any atom is 0.326 e. The zero-order valence-corrected chi connectivity index (χ0v) is 12.0. The molecule has 6 heteroatoms. The molecule has 0 spiro atoms. The summed E-state index contributed by atoms with van der Waals surface area (Å²) in [7, 11) is 0. The predicted molar refractivity (Wildman–Crippen MR) is 76.7 cm³/mol. The highest BCUT2D eigenvalue weighted by molar-refractivity contribution is 5.94. The Morgan fingerprint density at radius 3 is 2.50 bits per heavy atom. The first kappa shape index (κ1) is 15.9. The van der Waals surface area contributed by atoms with E-state index < -0.39 is 12.0 Å². The average molecular weight is 279 g/mol. The van der Waals surface area contributed by atoms with E-state index in [-0.39, 0.29) is 11.8 Å². The molecule has 0 bridgehead atoms. The molecule has 1 unspecified atom stereocenters. The summed E-state index contributed by atoms with van der Waals surface area (Å²) in [6.07, 6.45) is 1.94. The van der Waals surface area contributed by atoms with E-state index in [0.717, 1.165) is 0 Å². The molecule has 3 N–H and O–H groups in total. The summed E-state index contributed by atoms with van der Waals surface area (Å²) in [5.41, 5.74) is 0.452. The fourth-order valence-corrected chi connectivity index (χ4v) is 1.75. The van der Waals surface area contributed by atoms with E-state index in [1.807, 2.05) is 20.8 Å². The number of carbonyl (C=O) groups is 2. The van der Waals surface area contributed by atoms with Crippen LogP contribution in [0.4, 0.5) is 5.82 Å². The lowest BCUT2D eigenvalue weighted by atomic mass is 10.0. The smallest absolute Gasteiger partial charge is 0.326 e. The van der Waals surface area contributed by atoms with E-state index in [2.05, 4.69) is 15.6 Å². The van der Waals surface area contributed by atoms with Crippen LogP contribution in [0.3, 0.4) is 0 Å². The van der Waals surface area contributed by atoms with Gasteiger partial charge in [-0.25, -0.2) is 9.78 Å². The number of nitrogens with one attached hydrogen (secondary N) is 2. The molecule has 0 aliphatic carbocycles. The number of carboxylic acids is 1. The van der Waals surface area contributed by atoms with Gasteiger partial charge in [-0.15, -0.1) is 0 Å². The molecule has 0 radical (unpaired) electrons. The standard InChI is InChI=1S/C14H21N3O3/c1-4-15-13(18)10-5-6-12(16-8-10)17-11(14(19)20)7-9(2)3/h5-6,8-9,11H,4,7H2,1-3H3,(H,15,18)(H,16,17)(H,19,20). The van der Waals surface area contributed by atoms with Crippen molar-refractivity contribution in [3.8, 4) is 0 Å². The minimum absolute atomic E-state index is 0.191. The van der Waals surface area contributed by atoms with E-state index in [0.29, 0.717) is 24.3 Å². The molecule has 0 aliphatic rings. The summed E-state index contributed by atoms with van der Waals surface area (Å²) >= 11 is 0. The van der Waals surface area contributed by atoms with Crippen LogP contribution < -0.4 is 10.6 Å². The van der Waals surface area contributed by atoms with Crippen molar-refractivity contribution < 1.29 is 14.7 Å². The van der Waals surface area contributed by atoms with Crippen molar-refractivity contribution in [2.45, 2.75) is 33.2 Å². The summed E-state index contributed by atoms with van der Waals surface area (Å²) < 4.78 is 0. The number of hydrogen-bond donors (Lipinski definition) is 3. The van der Waals surface area contributed by atoms with Crippen LogP contribution >= 0.6 is 0 Å². The molecule has 110 valence electrons. The Labute approximate surface area is 118 Å². The normalized spacial score (nSPS) is 12.0. The van der Waals surface area contributed by atoms with Gasteiger partial charge in [0, 0.05) is 12.7 Å². The van der Waals surface area contributed by atoms with Crippen molar-refractivity contribution in [1.82, 2.24) is 10.3 Å². The van der Waals surface area contributed by atoms with Crippen molar-refractivity contribution in [3.05, 3.63) is 23.9 Å². The lowest BCUT2D eigenvalue weighted by molar-refractivity contribution is -0.138. The highest BCUT2D eigenvalue weighted by Gasteiger charge is 2.19. The van der Waals surface area contributed by atoms with Gasteiger partial charge in [-0.3, -0.25) is 4.79 Å². The molecule has 1 atom stereocenters. The van der Waals surface area contributed by atoms with Crippen LogP contribution in [0, 0.1) is 5.92 Å². The molecule has 0 saturated carbocycles. The summed E-state index contributed by atoms with van der Waals surface area (Å²) in [5, 5.41) is 14.7. The molecule has 1 amide bonds. The Kier molecular flexibility index (Phi) is 5.96. The first-order chi connectivity index (χ1) is 9.43. The molecule has 20 heavy (non-hydrogen) atoms. The van der Waals surface area contributed by atoms with E-state index in [4.69, 9.17) is 5.11 Å². The third-order valence-electron chi connectivity index (χ3n) is 2.69. The highest BCUT2D eigenvalue weighted by atomic mass is 16.4. The van der Waals surface area contributed by atoms with Gasteiger partial charge in [-0.1, -0.05) is 13.8 Å². The van der Waals surface area contributed by atoms with Gasteiger partial charge in [0.1, 0.15) is 11.9 Å². The minimum Gasteiger partial charge on any atom is -0.480 e. The number of carbonyl (C=O) groups excluding carboxylic acids is 1. The van der Waals surface area contributed by atoms with Crippen molar-refractivity contribution in [1.29, 1.82) is 0 Å². The molecule has 0 saturated heterocycles. The number of anilines is 1. The van der Waals surface area contributed by atoms with E-state index >= 15 is 0 Å². The van der Waals surface area contributed by atoms with E-state index in [1.165, 1.54) is 6.20 Å². The Morgan fingerprint density at radius 1 is 1.35 bits per heavy atom. The summed E-state index contributed by atoms with van der Waals surface area (Å²) in [4.78, 5) is 26.8. The monoisotopic (exact) mass is 279 g/mol. The highest BCUT2D eigenvalue weighted by Crippen LogP contribution is 2.12. The fraction of sp³-hybridized carbons (Fsp3) is 0.500. The van der Waals surface area contributed by atoms with Gasteiger partial charge >= 0.3 is 5.97 Å². The van der Waals surface area contributed by atoms with Crippen LogP contribution in [0.25, 0.3) is 0 Å². The number of amides is 1. The Bertz CT molecular complexity index is 457. The lowest BCUT2D eigenvalue weighted by Crippen LogP contribution is -2.31. The summed E-state index contributed by atoms with van der Waals surface area (Å²) in [6.45, 7) is 6.31. The molecule has 1 heterocycles. The SMILES string of the molecule is CCNC(=O)c1ccc(NC(CC(C)C)C(=O)O)nc1. The third-order valence-corrected chi connectivity index (χ3v) is 2.69. The number of rotatable bonds is 7. The molecule has 0 aromatic carbocycles. The number of aliphatic carboxylic acids is 1.